The number of nitrogens with one attached hydrogen (secondary N) is 1. The van der Waals surface area contributed by atoms with Crippen molar-refractivity contribution in [1.82, 2.24) is 4.90 Å². The fraction of sp³-hybridized carbons (Fsp3) is 0.167. The van der Waals surface area contributed by atoms with E-state index < -0.39 is 10.0 Å². The minimum atomic E-state index is -3.82. The van der Waals surface area contributed by atoms with Gasteiger partial charge in [0.15, 0.2) is 0 Å². The van der Waals surface area contributed by atoms with Crippen LogP contribution in [-0.2, 0) is 26.2 Å². The number of imide groups is 1. The number of sulfonamides is 1. The molecule has 2 aromatic carbocycles. The zero-order valence-electron chi connectivity index (χ0n) is 13.7. The molecule has 1 N–H and O–H groups in total. The number of carbonyl (C=O) groups excluding carboxylic acids is 2. The summed E-state index contributed by atoms with van der Waals surface area (Å²) in [6.07, 6.45) is 0.469. The molecule has 1 aliphatic rings. The molecule has 1 saturated heterocycles. The maximum absolute atomic E-state index is 12.4. The van der Waals surface area contributed by atoms with Crippen LogP contribution in [0.1, 0.15) is 24.0 Å². The molecule has 0 saturated carbocycles. The molecule has 7 nitrogen and oxygen atoms in total. The first-order valence-corrected chi connectivity index (χ1v) is 9.32. The van der Waals surface area contributed by atoms with E-state index in [9.17, 15) is 18.0 Å². The van der Waals surface area contributed by atoms with Crippen molar-refractivity contribution in [2.45, 2.75) is 24.3 Å². The molecule has 0 atom stereocenters. The van der Waals surface area contributed by atoms with Crippen molar-refractivity contribution < 1.29 is 18.0 Å². The molecular weight excluding hydrogens is 354 g/mol. The minimum Gasteiger partial charge on any atom is -0.280 e. The number of hydrogen-bond donors (Lipinski definition) is 1. The Bertz CT molecular complexity index is 991. The predicted octanol–water partition coefficient (Wildman–Crippen LogP) is 2.01. The van der Waals surface area contributed by atoms with E-state index in [2.05, 4.69) is 4.72 Å². The van der Waals surface area contributed by atoms with Crippen molar-refractivity contribution in [3.63, 3.8) is 0 Å². The topological polar surface area (TPSA) is 107 Å². The summed E-state index contributed by atoms with van der Waals surface area (Å²) in [7, 11) is -3.82. The number of rotatable bonds is 5. The predicted molar refractivity (Wildman–Crippen MR) is 93.2 cm³/mol. The van der Waals surface area contributed by atoms with Crippen molar-refractivity contribution in [3.05, 3.63) is 59.7 Å². The van der Waals surface area contributed by atoms with Crippen molar-refractivity contribution >= 4 is 27.5 Å². The van der Waals surface area contributed by atoms with E-state index >= 15 is 0 Å². The summed E-state index contributed by atoms with van der Waals surface area (Å²) in [5.41, 5.74) is 1.32. The van der Waals surface area contributed by atoms with Crippen molar-refractivity contribution in [3.8, 4) is 6.07 Å². The van der Waals surface area contributed by atoms with Gasteiger partial charge in [0.25, 0.3) is 10.0 Å². The molecule has 1 aliphatic heterocycles. The number of amides is 2. The van der Waals surface area contributed by atoms with E-state index in [0.29, 0.717) is 5.69 Å². The second kappa shape index (κ2) is 6.98. The first-order valence-electron chi connectivity index (χ1n) is 7.84. The summed E-state index contributed by atoms with van der Waals surface area (Å²) < 4.78 is 27.2. The summed E-state index contributed by atoms with van der Waals surface area (Å²) in [6, 6.07) is 14.1. The lowest BCUT2D eigenvalue weighted by Gasteiger charge is -2.14. The lowest BCUT2D eigenvalue weighted by molar-refractivity contribution is -0.139. The molecule has 2 aromatic rings. The van der Waals surface area contributed by atoms with Gasteiger partial charge in [-0.25, -0.2) is 8.42 Å². The monoisotopic (exact) mass is 369 g/mol. The zero-order valence-corrected chi connectivity index (χ0v) is 14.5. The number of anilines is 1. The number of likely N-dealkylation sites (tertiary alicyclic amines) is 1. The molecule has 26 heavy (non-hydrogen) atoms. The molecule has 0 aliphatic carbocycles. The van der Waals surface area contributed by atoms with Crippen LogP contribution in [0.3, 0.4) is 0 Å². The van der Waals surface area contributed by atoms with Gasteiger partial charge in [0.1, 0.15) is 0 Å². The Morgan fingerprint density at radius 3 is 2.31 bits per heavy atom. The highest BCUT2D eigenvalue weighted by Gasteiger charge is 2.28. The maximum Gasteiger partial charge on any atom is 0.261 e. The van der Waals surface area contributed by atoms with Crippen molar-refractivity contribution in [2.75, 3.05) is 4.72 Å². The van der Waals surface area contributed by atoms with Crippen LogP contribution in [0.5, 0.6) is 0 Å². The summed E-state index contributed by atoms with van der Waals surface area (Å²) in [5.74, 6) is -0.394. The normalized spacial score (nSPS) is 14.3. The van der Waals surface area contributed by atoms with Gasteiger partial charge >= 0.3 is 0 Å². The maximum atomic E-state index is 12.4. The first kappa shape index (κ1) is 17.6. The van der Waals surface area contributed by atoms with Crippen LogP contribution in [0.4, 0.5) is 5.69 Å². The van der Waals surface area contributed by atoms with Gasteiger partial charge in [-0.1, -0.05) is 18.2 Å². The van der Waals surface area contributed by atoms with E-state index in [0.717, 1.165) is 5.56 Å². The van der Waals surface area contributed by atoms with E-state index in [1.165, 1.54) is 29.2 Å². The molecule has 132 valence electrons. The second-order valence-electron chi connectivity index (χ2n) is 5.82. The second-order valence-corrected chi connectivity index (χ2v) is 7.50. The highest BCUT2D eigenvalue weighted by Crippen LogP contribution is 2.20. The van der Waals surface area contributed by atoms with Gasteiger partial charge in [-0.3, -0.25) is 19.2 Å². The van der Waals surface area contributed by atoms with E-state index in [4.69, 9.17) is 5.26 Å². The Kier molecular flexibility index (Phi) is 4.73. The van der Waals surface area contributed by atoms with Crippen LogP contribution in [-0.4, -0.2) is 25.1 Å². The summed E-state index contributed by atoms with van der Waals surface area (Å²) in [4.78, 5) is 24.5. The fourth-order valence-electron chi connectivity index (χ4n) is 2.61. The van der Waals surface area contributed by atoms with Gasteiger partial charge in [0.2, 0.25) is 11.8 Å². The molecular formula is C18H15N3O4S. The smallest absolute Gasteiger partial charge is 0.261 e. The van der Waals surface area contributed by atoms with Gasteiger partial charge < -0.3 is 0 Å². The van der Waals surface area contributed by atoms with Crippen LogP contribution in [0.2, 0.25) is 0 Å². The molecule has 0 radical (unpaired) electrons. The largest absolute Gasteiger partial charge is 0.280 e. The van der Waals surface area contributed by atoms with Gasteiger partial charge in [0, 0.05) is 18.5 Å². The number of benzene rings is 2. The molecule has 0 bridgehead atoms. The molecule has 0 aromatic heterocycles. The van der Waals surface area contributed by atoms with Crippen LogP contribution in [0.25, 0.3) is 0 Å². The highest BCUT2D eigenvalue weighted by molar-refractivity contribution is 7.92. The van der Waals surface area contributed by atoms with Crippen LogP contribution in [0.15, 0.2) is 53.4 Å². The molecule has 0 spiro atoms. The Hall–Kier alpha value is -3.18. The Morgan fingerprint density at radius 2 is 1.69 bits per heavy atom. The third kappa shape index (κ3) is 3.73. The third-order valence-corrected chi connectivity index (χ3v) is 5.35. The number of carbonyl (C=O) groups is 2. The third-order valence-electron chi connectivity index (χ3n) is 3.98. The SMILES string of the molecule is N#Cc1cccc(S(=O)(=O)Nc2ccc(CN3C(=O)CCC3=O)cc2)c1. The van der Waals surface area contributed by atoms with Crippen LogP contribution >= 0.6 is 0 Å². The molecule has 2 amide bonds. The van der Waals surface area contributed by atoms with Crippen molar-refractivity contribution in [1.29, 1.82) is 5.26 Å². The van der Waals surface area contributed by atoms with Crippen LogP contribution in [0, 0.1) is 11.3 Å². The molecule has 1 heterocycles. The zero-order chi connectivity index (χ0) is 18.7. The Labute approximate surface area is 150 Å². The average Bonchev–Trinajstić information content (AvgIpc) is 2.95. The summed E-state index contributed by atoms with van der Waals surface area (Å²) in [5, 5.41) is 8.89. The van der Waals surface area contributed by atoms with Gasteiger partial charge in [-0.2, -0.15) is 5.26 Å². The summed E-state index contributed by atoms with van der Waals surface area (Å²) in [6.45, 7) is 0.176. The molecule has 8 heteroatoms. The number of nitrogens with zero attached hydrogens (tertiary/aromatic N) is 2. The van der Waals surface area contributed by atoms with E-state index in [1.54, 1.807) is 24.3 Å². The first-order chi connectivity index (χ1) is 12.4. The Balaban J connectivity index is 1.73. The standard InChI is InChI=1S/C18H15N3O4S/c19-11-14-2-1-3-16(10-14)26(24,25)20-15-6-4-13(5-7-15)12-21-17(22)8-9-18(21)23/h1-7,10,20H,8-9,12H2. The average molecular weight is 369 g/mol. The van der Waals surface area contributed by atoms with Gasteiger partial charge in [-0.15, -0.1) is 0 Å². The summed E-state index contributed by atoms with van der Waals surface area (Å²) >= 11 is 0. The lowest BCUT2D eigenvalue weighted by Crippen LogP contribution is -2.28. The molecule has 3 rings (SSSR count). The Morgan fingerprint density at radius 1 is 1.04 bits per heavy atom. The van der Waals surface area contributed by atoms with Crippen LogP contribution < -0.4 is 4.72 Å². The lowest BCUT2D eigenvalue weighted by atomic mass is 10.2. The van der Waals surface area contributed by atoms with E-state index in [-0.39, 0.29) is 41.7 Å². The molecule has 0 unspecified atom stereocenters. The van der Waals surface area contributed by atoms with Gasteiger partial charge in [0.05, 0.1) is 23.1 Å². The minimum absolute atomic E-state index is 0.00566. The number of nitriles is 1. The fourth-order valence-corrected chi connectivity index (χ4v) is 3.71. The number of hydrogen-bond acceptors (Lipinski definition) is 5. The van der Waals surface area contributed by atoms with Crippen molar-refractivity contribution in [2.24, 2.45) is 0 Å². The van der Waals surface area contributed by atoms with E-state index in [1.807, 2.05) is 6.07 Å². The molecule has 1 fully saturated rings. The quantitative estimate of drug-likeness (QED) is 0.811. The van der Waals surface area contributed by atoms with Gasteiger partial charge in [-0.05, 0) is 35.9 Å². The highest BCUT2D eigenvalue weighted by atomic mass is 32.2.